The summed E-state index contributed by atoms with van der Waals surface area (Å²) in [6.45, 7) is 1.54. The highest BCUT2D eigenvalue weighted by Crippen LogP contribution is 2.16. The van der Waals surface area contributed by atoms with Gasteiger partial charge < -0.3 is 15.0 Å². The SMILES string of the molecule is O=C(NCCC1CCCCO1)c1ccc2cc[nH]c2c1. The molecule has 0 radical (unpaired) electrons. The van der Waals surface area contributed by atoms with Gasteiger partial charge in [0, 0.05) is 30.4 Å². The first-order valence-corrected chi connectivity index (χ1v) is 7.30. The maximum atomic E-state index is 12.1. The van der Waals surface area contributed by atoms with Crippen molar-refractivity contribution >= 4 is 16.8 Å². The fourth-order valence-electron chi connectivity index (χ4n) is 2.67. The maximum Gasteiger partial charge on any atom is 0.251 e. The molecule has 2 N–H and O–H groups in total. The van der Waals surface area contributed by atoms with E-state index in [1.165, 1.54) is 12.8 Å². The third kappa shape index (κ3) is 3.02. The van der Waals surface area contributed by atoms with Crippen LogP contribution in [-0.4, -0.2) is 30.1 Å². The molecule has 1 aliphatic rings. The number of rotatable bonds is 4. The Kier molecular flexibility index (Phi) is 4.02. The Bertz CT molecular complexity index is 585. The van der Waals surface area contributed by atoms with Crippen LogP contribution in [0.1, 0.15) is 36.0 Å². The normalized spacial score (nSPS) is 19.1. The lowest BCUT2D eigenvalue weighted by atomic mass is 10.1. The summed E-state index contributed by atoms with van der Waals surface area (Å²) in [5, 5.41) is 4.09. The van der Waals surface area contributed by atoms with Gasteiger partial charge in [-0.25, -0.2) is 0 Å². The summed E-state index contributed by atoms with van der Waals surface area (Å²) < 4.78 is 5.66. The van der Waals surface area contributed by atoms with E-state index in [2.05, 4.69) is 10.3 Å². The van der Waals surface area contributed by atoms with Gasteiger partial charge in [0.15, 0.2) is 0 Å². The summed E-state index contributed by atoms with van der Waals surface area (Å²) in [6, 6.07) is 7.72. The number of H-pyrrole nitrogens is 1. The molecule has 1 aliphatic heterocycles. The van der Waals surface area contributed by atoms with E-state index in [4.69, 9.17) is 4.74 Å². The van der Waals surface area contributed by atoms with E-state index < -0.39 is 0 Å². The van der Waals surface area contributed by atoms with Crippen LogP contribution in [-0.2, 0) is 4.74 Å². The minimum atomic E-state index is -0.0164. The molecule has 1 unspecified atom stereocenters. The molecule has 1 saturated heterocycles. The van der Waals surface area contributed by atoms with Crippen LogP contribution in [0.25, 0.3) is 10.9 Å². The van der Waals surface area contributed by atoms with Crippen molar-refractivity contribution in [3.05, 3.63) is 36.0 Å². The predicted octanol–water partition coefficient (Wildman–Crippen LogP) is 2.86. The average molecular weight is 272 g/mol. The van der Waals surface area contributed by atoms with Gasteiger partial charge in [0.2, 0.25) is 0 Å². The number of amides is 1. The summed E-state index contributed by atoms with van der Waals surface area (Å²) in [5.74, 6) is -0.0164. The Morgan fingerprint density at radius 1 is 1.35 bits per heavy atom. The molecule has 106 valence electrons. The zero-order valence-corrected chi connectivity index (χ0v) is 11.5. The highest BCUT2D eigenvalue weighted by molar-refractivity contribution is 5.97. The van der Waals surface area contributed by atoms with Gasteiger partial charge in [-0.2, -0.15) is 0 Å². The first kappa shape index (κ1) is 13.2. The fraction of sp³-hybridized carbons (Fsp3) is 0.438. The van der Waals surface area contributed by atoms with E-state index in [0.717, 1.165) is 30.4 Å². The number of carbonyl (C=O) groups is 1. The van der Waals surface area contributed by atoms with E-state index in [1.54, 1.807) is 0 Å². The second-order valence-corrected chi connectivity index (χ2v) is 5.31. The molecule has 1 aromatic heterocycles. The van der Waals surface area contributed by atoms with Crippen LogP contribution in [0.15, 0.2) is 30.5 Å². The van der Waals surface area contributed by atoms with Gasteiger partial charge in [0.25, 0.3) is 5.91 Å². The van der Waals surface area contributed by atoms with Crippen molar-refractivity contribution in [3.63, 3.8) is 0 Å². The number of aromatic nitrogens is 1. The molecule has 1 amide bonds. The molecule has 1 fully saturated rings. The minimum absolute atomic E-state index is 0.0164. The van der Waals surface area contributed by atoms with E-state index in [9.17, 15) is 4.79 Å². The van der Waals surface area contributed by atoms with Crippen LogP contribution in [0.5, 0.6) is 0 Å². The summed E-state index contributed by atoms with van der Waals surface area (Å²) in [5.41, 5.74) is 1.69. The number of ether oxygens (including phenoxy) is 1. The van der Waals surface area contributed by atoms with E-state index in [-0.39, 0.29) is 5.91 Å². The molecule has 0 aliphatic carbocycles. The van der Waals surface area contributed by atoms with Gasteiger partial charge in [-0.15, -0.1) is 0 Å². The van der Waals surface area contributed by atoms with Gasteiger partial charge >= 0.3 is 0 Å². The summed E-state index contributed by atoms with van der Waals surface area (Å²) >= 11 is 0. The van der Waals surface area contributed by atoms with Gasteiger partial charge in [0.05, 0.1) is 6.10 Å². The summed E-state index contributed by atoms with van der Waals surface area (Å²) in [6.07, 6.45) is 6.62. The van der Waals surface area contributed by atoms with Crippen LogP contribution in [0, 0.1) is 0 Å². The molecule has 0 saturated carbocycles. The maximum absolute atomic E-state index is 12.1. The van der Waals surface area contributed by atoms with Gasteiger partial charge in [-0.3, -0.25) is 4.79 Å². The van der Waals surface area contributed by atoms with Crippen molar-refractivity contribution < 1.29 is 9.53 Å². The van der Waals surface area contributed by atoms with Gasteiger partial charge in [0.1, 0.15) is 0 Å². The highest BCUT2D eigenvalue weighted by Gasteiger charge is 2.14. The Balaban J connectivity index is 1.53. The van der Waals surface area contributed by atoms with Crippen LogP contribution in [0.4, 0.5) is 0 Å². The van der Waals surface area contributed by atoms with Crippen molar-refractivity contribution in [1.29, 1.82) is 0 Å². The number of hydrogen-bond donors (Lipinski definition) is 2. The van der Waals surface area contributed by atoms with E-state index >= 15 is 0 Å². The van der Waals surface area contributed by atoms with Crippen molar-refractivity contribution in [2.24, 2.45) is 0 Å². The second kappa shape index (κ2) is 6.09. The molecular formula is C16H20N2O2. The Labute approximate surface area is 118 Å². The molecule has 0 spiro atoms. The number of benzene rings is 1. The molecule has 4 heteroatoms. The molecular weight excluding hydrogens is 252 g/mol. The van der Waals surface area contributed by atoms with Gasteiger partial charge in [-0.1, -0.05) is 6.07 Å². The number of nitrogens with one attached hydrogen (secondary N) is 2. The Morgan fingerprint density at radius 3 is 3.15 bits per heavy atom. The van der Waals surface area contributed by atoms with E-state index in [1.807, 2.05) is 30.5 Å². The zero-order valence-electron chi connectivity index (χ0n) is 11.5. The monoisotopic (exact) mass is 272 g/mol. The first-order valence-electron chi connectivity index (χ1n) is 7.30. The standard InChI is InChI=1S/C16H20N2O2/c19-16(18-9-7-14-3-1-2-10-20-14)13-5-4-12-6-8-17-15(12)11-13/h4-6,8,11,14,17H,1-3,7,9-10H2,(H,18,19). The van der Waals surface area contributed by atoms with E-state index in [0.29, 0.717) is 18.2 Å². The zero-order chi connectivity index (χ0) is 13.8. The predicted molar refractivity (Wildman–Crippen MR) is 78.8 cm³/mol. The van der Waals surface area contributed by atoms with Crippen LogP contribution < -0.4 is 5.32 Å². The number of fused-ring (bicyclic) bond motifs is 1. The number of aromatic amines is 1. The lowest BCUT2D eigenvalue weighted by Gasteiger charge is -2.22. The smallest absolute Gasteiger partial charge is 0.251 e. The quantitative estimate of drug-likeness (QED) is 0.899. The van der Waals surface area contributed by atoms with Crippen molar-refractivity contribution in [2.45, 2.75) is 31.8 Å². The largest absolute Gasteiger partial charge is 0.378 e. The lowest BCUT2D eigenvalue weighted by molar-refractivity contribution is 0.0117. The summed E-state index contributed by atoms with van der Waals surface area (Å²) in [4.78, 5) is 15.2. The van der Waals surface area contributed by atoms with Crippen LogP contribution in [0.3, 0.4) is 0 Å². The molecule has 3 rings (SSSR count). The van der Waals surface area contributed by atoms with Crippen LogP contribution >= 0.6 is 0 Å². The number of carbonyl (C=O) groups excluding carboxylic acids is 1. The minimum Gasteiger partial charge on any atom is -0.378 e. The van der Waals surface area contributed by atoms with Crippen molar-refractivity contribution in [2.75, 3.05) is 13.2 Å². The van der Waals surface area contributed by atoms with Crippen molar-refractivity contribution in [1.82, 2.24) is 10.3 Å². The topological polar surface area (TPSA) is 54.1 Å². The van der Waals surface area contributed by atoms with Crippen LogP contribution in [0.2, 0.25) is 0 Å². The first-order chi connectivity index (χ1) is 9.83. The second-order valence-electron chi connectivity index (χ2n) is 5.31. The van der Waals surface area contributed by atoms with Crippen molar-refractivity contribution in [3.8, 4) is 0 Å². The Hall–Kier alpha value is -1.81. The molecule has 20 heavy (non-hydrogen) atoms. The average Bonchev–Trinajstić information content (AvgIpc) is 2.95. The third-order valence-electron chi connectivity index (χ3n) is 3.84. The number of hydrogen-bond acceptors (Lipinski definition) is 2. The molecule has 0 bridgehead atoms. The third-order valence-corrected chi connectivity index (χ3v) is 3.84. The highest BCUT2D eigenvalue weighted by atomic mass is 16.5. The molecule has 1 atom stereocenters. The molecule has 1 aromatic carbocycles. The van der Waals surface area contributed by atoms with Gasteiger partial charge in [-0.05, 0) is 49.3 Å². The Morgan fingerprint density at radius 2 is 2.30 bits per heavy atom. The summed E-state index contributed by atoms with van der Waals surface area (Å²) in [7, 11) is 0. The fourth-order valence-corrected chi connectivity index (χ4v) is 2.67. The molecule has 2 heterocycles. The molecule has 2 aromatic rings. The molecule has 4 nitrogen and oxygen atoms in total. The lowest BCUT2D eigenvalue weighted by Crippen LogP contribution is -2.29.